The molecule has 0 aliphatic heterocycles. The number of nitriles is 1. The van der Waals surface area contributed by atoms with Crippen LogP contribution in [-0.2, 0) is 14.9 Å². The van der Waals surface area contributed by atoms with Gasteiger partial charge in [0.2, 0.25) is 0 Å². The standard InChI is InChI=1S/C25H22N2O6S/c1-3-32-24-16-18(15-19(17-26)25(28)27-20-7-5-4-6-8-20)9-14-23(24)33-34(29,30)22-12-10-21(31-2)11-13-22/h4-16H,3H2,1-2H3,(H,27,28)/b19-15+. The summed E-state index contributed by atoms with van der Waals surface area (Å²) in [5.74, 6) is 0.0555. The predicted molar refractivity (Wildman–Crippen MR) is 127 cm³/mol. The van der Waals surface area contributed by atoms with Crippen LogP contribution in [0.2, 0.25) is 0 Å². The predicted octanol–water partition coefficient (Wildman–Crippen LogP) is 4.41. The zero-order chi connectivity index (χ0) is 24.6. The minimum Gasteiger partial charge on any atom is -0.497 e. The number of para-hydroxylation sites is 1. The van der Waals surface area contributed by atoms with Crippen LogP contribution < -0.4 is 19.0 Å². The van der Waals surface area contributed by atoms with Gasteiger partial charge >= 0.3 is 10.1 Å². The van der Waals surface area contributed by atoms with Gasteiger partial charge < -0.3 is 19.0 Å². The van der Waals surface area contributed by atoms with Gasteiger partial charge in [-0.3, -0.25) is 4.79 Å². The molecule has 0 aliphatic carbocycles. The number of methoxy groups -OCH3 is 1. The molecule has 9 heteroatoms. The van der Waals surface area contributed by atoms with Crippen molar-refractivity contribution in [3.8, 4) is 23.3 Å². The van der Waals surface area contributed by atoms with Gasteiger partial charge in [0.15, 0.2) is 11.5 Å². The van der Waals surface area contributed by atoms with E-state index >= 15 is 0 Å². The Morgan fingerprint density at radius 2 is 1.74 bits per heavy atom. The Kier molecular flexibility index (Phi) is 7.90. The van der Waals surface area contributed by atoms with E-state index in [-0.39, 0.29) is 28.6 Å². The maximum atomic E-state index is 12.7. The van der Waals surface area contributed by atoms with Crippen molar-refractivity contribution in [1.29, 1.82) is 5.26 Å². The van der Waals surface area contributed by atoms with Gasteiger partial charge in [0.05, 0.1) is 13.7 Å². The fourth-order valence-electron chi connectivity index (χ4n) is 2.90. The lowest BCUT2D eigenvalue weighted by molar-refractivity contribution is -0.112. The molecule has 1 amide bonds. The van der Waals surface area contributed by atoms with E-state index < -0.39 is 16.0 Å². The first-order chi connectivity index (χ1) is 16.4. The van der Waals surface area contributed by atoms with Gasteiger partial charge in [-0.1, -0.05) is 24.3 Å². The summed E-state index contributed by atoms with van der Waals surface area (Å²) in [7, 11) is -2.66. The molecular formula is C25H22N2O6S. The Morgan fingerprint density at radius 3 is 2.35 bits per heavy atom. The SMILES string of the molecule is CCOc1cc(/C=C(\C#N)C(=O)Nc2ccccc2)ccc1OS(=O)(=O)c1ccc(OC)cc1. The van der Waals surface area contributed by atoms with Crippen molar-refractivity contribution in [2.75, 3.05) is 19.0 Å². The third-order valence-corrected chi connectivity index (χ3v) is 5.77. The molecule has 0 unspecified atom stereocenters. The van der Waals surface area contributed by atoms with E-state index in [1.165, 1.54) is 55.7 Å². The Balaban J connectivity index is 1.86. The number of rotatable bonds is 9. The summed E-state index contributed by atoms with van der Waals surface area (Å²) in [5, 5.41) is 12.1. The second-order valence-corrected chi connectivity index (χ2v) is 8.39. The van der Waals surface area contributed by atoms with Crippen LogP contribution in [0.15, 0.2) is 83.3 Å². The third-order valence-electron chi connectivity index (χ3n) is 4.52. The minimum absolute atomic E-state index is 0.0259. The quantitative estimate of drug-likeness (QED) is 0.275. The third kappa shape index (κ3) is 6.15. The molecule has 1 N–H and O–H groups in total. The van der Waals surface area contributed by atoms with Crippen LogP contribution in [0.1, 0.15) is 12.5 Å². The van der Waals surface area contributed by atoms with Crippen LogP contribution in [0.25, 0.3) is 6.08 Å². The van der Waals surface area contributed by atoms with E-state index in [0.717, 1.165) is 0 Å². The Hall–Kier alpha value is -4.29. The number of amides is 1. The first-order valence-electron chi connectivity index (χ1n) is 10.2. The highest BCUT2D eigenvalue weighted by molar-refractivity contribution is 7.87. The van der Waals surface area contributed by atoms with Crippen LogP contribution in [0.5, 0.6) is 17.2 Å². The van der Waals surface area contributed by atoms with Crippen molar-refractivity contribution in [3.63, 3.8) is 0 Å². The van der Waals surface area contributed by atoms with E-state index in [9.17, 15) is 18.5 Å². The molecule has 0 spiro atoms. The highest BCUT2D eigenvalue weighted by atomic mass is 32.2. The molecule has 174 valence electrons. The van der Waals surface area contributed by atoms with Crippen molar-refractivity contribution in [2.24, 2.45) is 0 Å². The lowest BCUT2D eigenvalue weighted by Gasteiger charge is -2.13. The number of nitrogens with one attached hydrogen (secondary N) is 1. The summed E-state index contributed by atoms with van der Waals surface area (Å²) < 4.78 is 41.3. The minimum atomic E-state index is -4.14. The van der Waals surface area contributed by atoms with Crippen molar-refractivity contribution >= 4 is 27.8 Å². The molecule has 0 bridgehead atoms. The molecule has 0 saturated carbocycles. The number of ether oxygens (including phenoxy) is 2. The van der Waals surface area contributed by atoms with Gasteiger partial charge in [-0.15, -0.1) is 0 Å². The van der Waals surface area contributed by atoms with Crippen molar-refractivity contribution in [2.45, 2.75) is 11.8 Å². The maximum absolute atomic E-state index is 12.7. The van der Waals surface area contributed by atoms with Crippen LogP contribution in [0, 0.1) is 11.3 Å². The largest absolute Gasteiger partial charge is 0.497 e. The molecule has 3 aromatic carbocycles. The first-order valence-corrected chi connectivity index (χ1v) is 11.6. The van der Waals surface area contributed by atoms with Crippen LogP contribution >= 0.6 is 0 Å². The molecule has 0 atom stereocenters. The Bertz CT molecular complexity index is 1330. The number of hydrogen-bond donors (Lipinski definition) is 1. The van der Waals surface area contributed by atoms with E-state index in [1.54, 1.807) is 31.2 Å². The van der Waals surface area contributed by atoms with Gasteiger partial charge in [-0.25, -0.2) is 0 Å². The average Bonchev–Trinajstić information content (AvgIpc) is 2.84. The van der Waals surface area contributed by atoms with Gasteiger partial charge in [-0.2, -0.15) is 13.7 Å². The molecule has 0 saturated heterocycles. The number of nitrogens with zero attached hydrogens (tertiary/aromatic N) is 1. The molecule has 0 aromatic heterocycles. The highest BCUT2D eigenvalue weighted by Crippen LogP contribution is 2.32. The molecule has 3 rings (SSSR count). The van der Waals surface area contributed by atoms with Gasteiger partial charge in [0.25, 0.3) is 5.91 Å². The number of anilines is 1. The van der Waals surface area contributed by atoms with E-state index in [0.29, 0.717) is 17.0 Å². The molecular weight excluding hydrogens is 456 g/mol. The molecule has 3 aromatic rings. The fourth-order valence-corrected chi connectivity index (χ4v) is 3.84. The Morgan fingerprint density at radius 1 is 1.03 bits per heavy atom. The summed E-state index contributed by atoms with van der Waals surface area (Å²) in [4.78, 5) is 12.4. The van der Waals surface area contributed by atoms with E-state index in [2.05, 4.69) is 5.32 Å². The van der Waals surface area contributed by atoms with Crippen molar-refractivity contribution in [3.05, 3.63) is 83.9 Å². The number of hydrogen-bond acceptors (Lipinski definition) is 7. The molecule has 0 fully saturated rings. The fraction of sp³-hybridized carbons (Fsp3) is 0.120. The summed E-state index contributed by atoms with van der Waals surface area (Å²) in [5.41, 5.74) is 0.874. The van der Waals surface area contributed by atoms with Crippen LogP contribution in [0.4, 0.5) is 5.69 Å². The van der Waals surface area contributed by atoms with Gasteiger partial charge in [0.1, 0.15) is 22.3 Å². The molecule has 0 radical (unpaired) electrons. The lowest BCUT2D eigenvalue weighted by Crippen LogP contribution is -2.13. The Labute approximate surface area is 198 Å². The lowest BCUT2D eigenvalue weighted by atomic mass is 10.1. The zero-order valence-electron chi connectivity index (χ0n) is 18.5. The van der Waals surface area contributed by atoms with Gasteiger partial charge in [0, 0.05) is 5.69 Å². The monoisotopic (exact) mass is 478 g/mol. The first kappa shape index (κ1) is 24.4. The number of carbonyl (C=O) groups is 1. The summed E-state index contributed by atoms with van der Waals surface area (Å²) in [6.07, 6.45) is 1.38. The average molecular weight is 479 g/mol. The number of benzene rings is 3. The summed E-state index contributed by atoms with van der Waals surface area (Å²) in [6.45, 7) is 1.98. The van der Waals surface area contributed by atoms with E-state index in [1.807, 2.05) is 12.1 Å². The molecule has 34 heavy (non-hydrogen) atoms. The molecule has 0 aliphatic rings. The van der Waals surface area contributed by atoms with Crippen molar-refractivity contribution in [1.82, 2.24) is 0 Å². The van der Waals surface area contributed by atoms with E-state index in [4.69, 9.17) is 13.7 Å². The summed E-state index contributed by atoms with van der Waals surface area (Å²) in [6, 6.07) is 20.8. The molecule has 8 nitrogen and oxygen atoms in total. The maximum Gasteiger partial charge on any atom is 0.339 e. The van der Waals surface area contributed by atoms with Crippen molar-refractivity contribution < 1.29 is 26.9 Å². The number of carbonyl (C=O) groups excluding carboxylic acids is 1. The topological polar surface area (TPSA) is 115 Å². The normalized spacial score (nSPS) is 11.3. The van der Waals surface area contributed by atoms with Crippen LogP contribution in [-0.4, -0.2) is 28.0 Å². The van der Waals surface area contributed by atoms with Gasteiger partial charge in [-0.05, 0) is 67.1 Å². The second kappa shape index (κ2) is 11.0. The summed E-state index contributed by atoms with van der Waals surface area (Å²) >= 11 is 0. The highest BCUT2D eigenvalue weighted by Gasteiger charge is 2.20. The molecule has 0 heterocycles. The smallest absolute Gasteiger partial charge is 0.339 e. The zero-order valence-corrected chi connectivity index (χ0v) is 19.3. The second-order valence-electron chi connectivity index (χ2n) is 6.84. The van der Waals surface area contributed by atoms with Crippen LogP contribution in [0.3, 0.4) is 0 Å².